The number of piperidine rings is 1. The molecule has 1 atom stereocenters. The van der Waals surface area contributed by atoms with Gasteiger partial charge in [-0.2, -0.15) is 0 Å². The molecule has 0 bridgehead atoms. The maximum Gasteiger partial charge on any atom is 0.407 e. The highest BCUT2D eigenvalue weighted by atomic mass is 16.6. The van der Waals surface area contributed by atoms with Crippen LogP contribution in [0.5, 0.6) is 0 Å². The number of fused-ring (bicyclic) bond motifs is 1. The molecule has 1 aromatic rings. The Balaban J connectivity index is 1.25. The van der Waals surface area contributed by atoms with Crippen molar-refractivity contribution in [2.45, 2.75) is 45.3 Å². The van der Waals surface area contributed by atoms with E-state index in [2.05, 4.69) is 22.5 Å². The molecule has 0 saturated carbocycles. The van der Waals surface area contributed by atoms with Gasteiger partial charge in [-0.05, 0) is 39.3 Å². The number of amides is 5. The van der Waals surface area contributed by atoms with E-state index in [1.165, 1.54) is 6.07 Å². The number of carbonyl (C=O) groups is 5. The number of alkyl carbamates (subject to hydrolysis) is 1. The molecule has 2 N–H and O–H groups in total. The molecule has 228 valence electrons. The van der Waals surface area contributed by atoms with E-state index in [0.29, 0.717) is 58.4 Å². The normalized spacial score (nSPS) is 16.5. The van der Waals surface area contributed by atoms with Crippen LogP contribution in [0.4, 0.5) is 4.79 Å². The molecular formula is C29H37N3O10. The fourth-order valence-corrected chi connectivity index (χ4v) is 4.07. The van der Waals surface area contributed by atoms with Gasteiger partial charge in [0.1, 0.15) is 18.2 Å². The monoisotopic (exact) mass is 587 g/mol. The van der Waals surface area contributed by atoms with Crippen LogP contribution in [-0.2, 0) is 33.3 Å². The second kappa shape index (κ2) is 16.0. The molecule has 0 radical (unpaired) electrons. The molecule has 2 aliphatic rings. The van der Waals surface area contributed by atoms with Crippen LogP contribution in [0.2, 0.25) is 0 Å². The van der Waals surface area contributed by atoms with Gasteiger partial charge in [-0.15, -0.1) is 0 Å². The zero-order valence-electron chi connectivity index (χ0n) is 24.1. The van der Waals surface area contributed by atoms with Crippen LogP contribution in [0, 0.1) is 11.8 Å². The topological polar surface area (TPSA) is 159 Å². The molecule has 1 fully saturated rings. The molecule has 0 spiro atoms. The van der Waals surface area contributed by atoms with Crippen molar-refractivity contribution in [1.29, 1.82) is 0 Å². The fraction of sp³-hybridized carbons (Fsp3) is 0.552. The van der Waals surface area contributed by atoms with Crippen LogP contribution in [-0.4, -0.2) is 106 Å². The maximum atomic E-state index is 13.1. The molecule has 5 amide bonds. The van der Waals surface area contributed by atoms with Crippen molar-refractivity contribution in [2.24, 2.45) is 0 Å². The summed E-state index contributed by atoms with van der Waals surface area (Å²) in [6, 6.07) is 3.73. The molecule has 2 heterocycles. The van der Waals surface area contributed by atoms with Gasteiger partial charge in [-0.1, -0.05) is 17.9 Å². The number of carbonyl (C=O) groups excluding carboxylic acids is 5. The van der Waals surface area contributed by atoms with Gasteiger partial charge in [-0.25, -0.2) is 4.79 Å². The largest absolute Gasteiger partial charge is 0.444 e. The number of nitrogens with one attached hydrogen (secondary N) is 2. The van der Waals surface area contributed by atoms with Crippen molar-refractivity contribution in [3.05, 3.63) is 34.9 Å². The van der Waals surface area contributed by atoms with Gasteiger partial charge in [-0.3, -0.25) is 29.4 Å². The van der Waals surface area contributed by atoms with Gasteiger partial charge in [0.25, 0.3) is 11.8 Å². The zero-order chi connectivity index (χ0) is 30.5. The summed E-state index contributed by atoms with van der Waals surface area (Å²) < 4.78 is 26.8. The van der Waals surface area contributed by atoms with Crippen molar-refractivity contribution < 1.29 is 47.7 Å². The first-order chi connectivity index (χ1) is 20.1. The second-order valence-electron chi connectivity index (χ2n) is 10.3. The summed E-state index contributed by atoms with van der Waals surface area (Å²) >= 11 is 0. The van der Waals surface area contributed by atoms with Crippen LogP contribution < -0.4 is 10.6 Å². The lowest BCUT2D eigenvalue weighted by Crippen LogP contribution is -2.54. The second-order valence-corrected chi connectivity index (χ2v) is 10.3. The summed E-state index contributed by atoms with van der Waals surface area (Å²) in [4.78, 5) is 62.0. The lowest BCUT2D eigenvalue weighted by atomic mass is 10.0. The van der Waals surface area contributed by atoms with Crippen molar-refractivity contribution >= 4 is 29.7 Å². The smallest absolute Gasteiger partial charge is 0.407 e. The summed E-state index contributed by atoms with van der Waals surface area (Å²) in [5.74, 6) is 3.42. The molecule has 0 aromatic heterocycles. The lowest BCUT2D eigenvalue weighted by Gasteiger charge is -2.27. The standard InChI is InChI=1S/C29H37N3O10/c1-29(2,3)42-28(37)30-11-13-39-15-17-41-19-18-40-16-14-38-12-5-7-20-6-4-8-21-24(20)27(36)32(26(21)35)22-9-10-23(33)31-25(22)34/h4,6,8,22H,9-19H2,1-3H3,(H,30,37)(H,31,33,34). The minimum Gasteiger partial charge on any atom is -0.444 e. The highest BCUT2D eigenvalue weighted by Crippen LogP contribution is 2.29. The van der Waals surface area contributed by atoms with Crippen molar-refractivity contribution in [1.82, 2.24) is 15.5 Å². The summed E-state index contributed by atoms with van der Waals surface area (Å²) in [6.07, 6.45) is -0.342. The number of benzene rings is 1. The highest BCUT2D eigenvalue weighted by molar-refractivity contribution is 6.24. The minimum atomic E-state index is -1.03. The Bertz CT molecular complexity index is 1210. The molecule has 13 heteroatoms. The highest BCUT2D eigenvalue weighted by Gasteiger charge is 2.45. The van der Waals surface area contributed by atoms with E-state index >= 15 is 0 Å². The Kier molecular flexibility index (Phi) is 12.4. The van der Waals surface area contributed by atoms with E-state index in [9.17, 15) is 24.0 Å². The first kappa shape index (κ1) is 32.7. The summed E-state index contributed by atoms with van der Waals surface area (Å²) in [5.41, 5.74) is 0.143. The Hall–Kier alpha value is -3.83. The number of hydrogen-bond donors (Lipinski definition) is 2. The average molecular weight is 588 g/mol. The van der Waals surface area contributed by atoms with E-state index in [-0.39, 0.29) is 30.6 Å². The Morgan fingerprint density at radius 2 is 1.60 bits per heavy atom. The van der Waals surface area contributed by atoms with Gasteiger partial charge >= 0.3 is 6.09 Å². The van der Waals surface area contributed by atoms with Crippen LogP contribution in [0.3, 0.4) is 0 Å². The first-order valence-corrected chi connectivity index (χ1v) is 13.7. The fourth-order valence-electron chi connectivity index (χ4n) is 4.07. The quantitative estimate of drug-likeness (QED) is 0.183. The van der Waals surface area contributed by atoms with Gasteiger partial charge in [0.05, 0.1) is 57.4 Å². The number of rotatable bonds is 14. The lowest BCUT2D eigenvalue weighted by molar-refractivity contribution is -0.136. The van der Waals surface area contributed by atoms with Crippen LogP contribution >= 0.6 is 0 Å². The summed E-state index contributed by atoms with van der Waals surface area (Å²) in [5, 5.41) is 4.78. The molecule has 42 heavy (non-hydrogen) atoms. The third kappa shape index (κ3) is 9.92. The van der Waals surface area contributed by atoms with E-state index in [1.807, 2.05) is 0 Å². The van der Waals surface area contributed by atoms with Crippen LogP contribution in [0.1, 0.15) is 59.9 Å². The van der Waals surface area contributed by atoms with Crippen molar-refractivity contribution in [2.75, 3.05) is 59.4 Å². The zero-order valence-corrected chi connectivity index (χ0v) is 24.1. The molecule has 1 aromatic carbocycles. The Labute approximate surface area is 244 Å². The first-order valence-electron chi connectivity index (χ1n) is 13.7. The van der Waals surface area contributed by atoms with Crippen LogP contribution in [0.15, 0.2) is 18.2 Å². The summed E-state index contributed by atoms with van der Waals surface area (Å²) in [6.45, 7) is 8.35. The number of ether oxygens (including phenoxy) is 5. The van der Waals surface area contributed by atoms with E-state index in [4.69, 9.17) is 23.7 Å². The SMILES string of the molecule is CC(C)(C)OC(=O)NCCOCCOCCOCCOCC#Cc1cccc2c1C(=O)N(C1CCC(=O)NC1=O)C2=O. The predicted octanol–water partition coefficient (Wildman–Crippen LogP) is 1.03. The molecule has 13 nitrogen and oxygen atoms in total. The van der Waals surface area contributed by atoms with E-state index in [1.54, 1.807) is 32.9 Å². The molecule has 0 aliphatic carbocycles. The molecule has 1 unspecified atom stereocenters. The Morgan fingerprint density at radius 1 is 0.952 bits per heavy atom. The third-order valence-electron chi connectivity index (χ3n) is 5.90. The van der Waals surface area contributed by atoms with Crippen LogP contribution in [0.25, 0.3) is 0 Å². The number of hydrogen-bond acceptors (Lipinski definition) is 10. The van der Waals surface area contributed by atoms with E-state index < -0.39 is 41.4 Å². The number of imide groups is 2. The predicted molar refractivity (Wildman–Crippen MR) is 148 cm³/mol. The molecule has 3 rings (SSSR count). The Morgan fingerprint density at radius 3 is 2.24 bits per heavy atom. The summed E-state index contributed by atoms with van der Waals surface area (Å²) in [7, 11) is 0. The van der Waals surface area contributed by atoms with Gasteiger partial charge in [0.15, 0.2) is 0 Å². The third-order valence-corrected chi connectivity index (χ3v) is 5.90. The van der Waals surface area contributed by atoms with Gasteiger partial charge in [0, 0.05) is 18.5 Å². The van der Waals surface area contributed by atoms with Crippen molar-refractivity contribution in [3.8, 4) is 11.8 Å². The maximum absolute atomic E-state index is 13.1. The van der Waals surface area contributed by atoms with E-state index in [0.717, 1.165) is 4.90 Å². The average Bonchev–Trinajstić information content (AvgIpc) is 3.17. The molecule has 1 saturated heterocycles. The van der Waals surface area contributed by atoms with Gasteiger partial charge < -0.3 is 29.0 Å². The number of nitrogens with zero attached hydrogens (tertiary/aromatic N) is 1. The molecule has 2 aliphatic heterocycles. The minimum absolute atomic E-state index is 0.0531. The molecular weight excluding hydrogens is 550 g/mol. The van der Waals surface area contributed by atoms with Crippen molar-refractivity contribution in [3.63, 3.8) is 0 Å². The van der Waals surface area contributed by atoms with Gasteiger partial charge in [0.2, 0.25) is 11.8 Å².